The number of methoxy groups -OCH3 is 1. The number of hydrogen-bond donors (Lipinski definition) is 3. The van der Waals surface area contributed by atoms with Gasteiger partial charge in [-0.05, 0) is 50.3 Å². The molecule has 7 nitrogen and oxygen atoms in total. The van der Waals surface area contributed by atoms with Gasteiger partial charge in [-0.1, -0.05) is 48.4 Å². The van der Waals surface area contributed by atoms with Crippen LogP contribution in [0.1, 0.15) is 48.5 Å². The van der Waals surface area contributed by atoms with Crippen LogP contribution in [-0.2, 0) is 10.2 Å². The first kappa shape index (κ1) is 25.1. The topological polar surface area (TPSA) is 88.7 Å². The Morgan fingerprint density at radius 2 is 1.79 bits per heavy atom. The summed E-state index contributed by atoms with van der Waals surface area (Å²) in [5.41, 5.74) is 1.44. The summed E-state index contributed by atoms with van der Waals surface area (Å²) in [6.07, 6.45) is 7.30. The van der Waals surface area contributed by atoms with E-state index in [4.69, 9.17) is 15.9 Å². The lowest BCUT2D eigenvalue weighted by molar-refractivity contribution is 0.0543. The molecule has 1 saturated carbocycles. The third-order valence-corrected chi connectivity index (χ3v) is 6.33. The van der Waals surface area contributed by atoms with E-state index >= 15 is 0 Å². The fourth-order valence-corrected chi connectivity index (χ4v) is 4.42. The van der Waals surface area contributed by atoms with E-state index in [9.17, 15) is 9.59 Å². The van der Waals surface area contributed by atoms with Crippen molar-refractivity contribution >= 4 is 12.0 Å². The van der Waals surface area contributed by atoms with Gasteiger partial charge in [-0.3, -0.25) is 10.1 Å². The number of carbonyl (C=O) groups is 2. The summed E-state index contributed by atoms with van der Waals surface area (Å²) in [5, 5.41) is 8.85. The first-order chi connectivity index (χ1) is 16.5. The summed E-state index contributed by atoms with van der Waals surface area (Å²) in [6.45, 7) is 2.66. The van der Waals surface area contributed by atoms with E-state index in [0.717, 1.165) is 12.8 Å². The smallest absolute Gasteiger partial charge is 0.408 e. The average Bonchev–Trinajstić information content (AvgIpc) is 2.87. The number of benzene rings is 2. The molecule has 0 aromatic heterocycles. The minimum absolute atomic E-state index is 0.168. The molecule has 34 heavy (non-hydrogen) atoms. The third kappa shape index (κ3) is 6.52. The van der Waals surface area contributed by atoms with Crippen LogP contribution in [-0.4, -0.2) is 44.5 Å². The first-order valence-corrected chi connectivity index (χ1v) is 11.6. The maximum atomic E-state index is 12.9. The molecule has 180 valence electrons. The van der Waals surface area contributed by atoms with E-state index in [0.29, 0.717) is 37.2 Å². The predicted octanol–water partition coefficient (Wildman–Crippen LogP) is 3.60. The number of ether oxygens (including phenoxy) is 2. The normalized spacial score (nSPS) is 20.4. The molecule has 1 atom stereocenters. The molecule has 0 bridgehead atoms. The molecule has 0 aliphatic heterocycles. The molecule has 1 unspecified atom stereocenters. The standard InChI is InChI=1S/C27H33N3O4/c1-4-18-28-20(2)30-26(32)34-22-14-16-27(17-15-22,21-10-6-5-7-11-21)19-29-25(31)23-12-8-9-13-24(23)33-3/h1,5-13,20,22,28H,14-19H2,2-3H3,(H,29,31)(H,30,32). The Kier molecular flexibility index (Phi) is 8.94. The maximum Gasteiger partial charge on any atom is 0.408 e. The summed E-state index contributed by atoms with van der Waals surface area (Å²) in [6, 6.07) is 17.4. The Morgan fingerprint density at radius 3 is 2.47 bits per heavy atom. The minimum atomic E-state index is -0.460. The molecule has 3 N–H and O–H groups in total. The van der Waals surface area contributed by atoms with Crippen molar-refractivity contribution in [2.45, 2.75) is 50.3 Å². The Labute approximate surface area is 201 Å². The summed E-state index contributed by atoms with van der Waals surface area (Å²) in [5.74, 6) is 2.85. The number of rotatable bonds is 9. The summed E-state index contributed by atoms with van der Waals surface area (Å²) in [4.78, 5) is 25.2. The lowest BCUT2D eigenvalue weighted by Gasteiger charge is -2.40. The van der Waals surface area contributed by atoms with Crippen LogP contribution in [0.15, 0.2) is 54.6 Å². The molecule has 7 heteroatoms. The molecule has 0 radical (unpaired) electrons. The Balaban J connectivity index is 1.64. The molecular formula is C27H33N3O4. The van der Waals surface area contributed by atoms with Gasteiger partial charge < -0.3 is 20.1 Å². The Morgan fingerprint density at radius 1 is 1.12 bits per heavy atom. The van der Waals surface area contributed by atoms with Gasteiger partial charge in [0.15, 0.2) is 0 Å². The zero-order chi connectivity index (χ0) is 24.4. The Hall–Kier alpha value is -3.50. The lowest BCUT2D eigenvalue weighted by Crippen LogP contribution is -2.47. The van der Waals surface area contributed by atoms with Gasteiger partial charge in [-0.15, -0.1) is 6.42 Å². The number of para-hydroxylation sites is 1. The lowest BCUT2D eigenvalue weighted by atomic mass is 9.68. The number of hydrogen-bond acceptors (Lipinski definition) is 5. The largest absolute Gasteiger partial charge is 0.496 e. The van der Waals surface area contributed by atoms with Crippen molar-refractivity contribution in [3.63, 3.8) is 0 Å². The van der Waals surface area contributed by atoms with Crippen LogP contribution in [0.5, 0.6) is 5.75 Å². The van der Waals surface area contributed by atoms with Crippen molar-refractivity contribution in [2.24, 2.45) is 0 Å². The van der Waals surface area contributed by atoms with E-state index in [1.54, 1.807) is 19.2 Å². The van der Waals surface area contributed by atoms with Gasteiger partial charge in [-0.2, -0.15) is 0 Å². The zero-order valence-electron chi connectivity index (χ0n) is 19.8. The molecule has 2 amide bonds. The van der Waals surface area contributed by atoms with Crippen molar-refractivity contribution in [3.8, 4) is 18.1 Å². The van der Waals surface area contributed by atoms with Crippen LogP contribution in [0.4, 0.5) is 4.79 Å². The second kappa shape index (κ2) is 12.1. The number of alkyl carbamates (subject to hydrolysis) is 1. The van der Waals surface area contributed by atoms with E-state index in [1.807, 2.05) is 37.3 Å². The van der Waals surface area contributed by atoms with Crippen LogP contribution < -0.4 is 20.7 Å². The molecule has 0 saturated heterocycles. The van der Waals surface area contributed by atoms with E-state index in [2.05, 4.69) is 34.0 Å². The van der Waals surface area contributed by atoms with Crippen LogP contribution in [0.2, 0.25) is 0 Å². The molecule has 0 heterocycles. The number of nitrogens with one attached hydrogen (secondary N) is 3. The predicted molar refractivity (Wildman–Crippen MR) is 132 cm³/mol. The highest BCUT2D eigenvalue weighted by Gasteiger charge is 2.38. The molecule has 2 aromatic rings. The highest BCUT2D eigenvalue weighted by molar-refractivity contribution is 5.97. The second-order valence-corrected chi connectivity index (χ2v) is 8.59. The van der Waals surface area contributed by atoms with E-state index in [1.165, 1.54) is 5.56 Å². The maximum absolute atomic E-state index is 12.9. The number of terminal acetylenes is 1. The molecule has 3 rings (SSSR count). The molecular weight excluding hydrogens is 430 g/mol. The first-order valence-electron chi connectivity index (χ1n) is 11.6. The average molecular weight is 464 g/mol. The van der Waals surface area contributed by atoms with Gasteiger partial charge in [0.05, 0.1) is 25.4 Å². The minimum Gasteiger partial charge on any atom is -0.496 e. The van der Waals surface area contributed by atoms with Crippen LogP contribution in [0.3, 0.4) is 0 Å². The highest BCUT2D eigenvalue weighted by atomic mass is 16.6. The molecule has 2 aromatic carbocycles. The van der Waals surface area contributed by atoms with Crippen molar-refractivity contribution in [1.29, 1.82) is 0 Å². The number of carbonyl (C=O) groups excluding carboxylic acids is 2. The van der Waals surface area contributed by atoms with Gasteiger partial charge in [0.2, 0.25) is 0 Å². The van der Waals surface area contributed by atoms with E-state index < -0.39 is 6.09 Å². The van der Waals surface area contributed by atoms with Gasteiger partial charge in [0.1, 0.15) is 11.9 Å². The van der Waals surface area contributed by atoms with Gasteiger partial charge in [0.25, 0.3) is 5.91 Å². The van der Waals surface area contributed by atoms with Gasteiger partial charge in [-0.25, -0.2) is 4.79 Å². The van der Waals surface area contributed by atoms with Crippen LogP contribution >= 0.6 is 0 Å². The quantitative estimate of drug-likeness (QED) is 0.391. The van der Waals surface area contributed by atoms with Crippen molar-refractivity contribution in [3.05, 3.63) is 65.7 Å². The van der Waals surface area contributed by atoms with Crippen molar-refractivity contribution in [1.82, 2.24) is 16.0 Å². The SMILES string of the molecule is C#CCNC(C)NC(=O)OC1CCC(CNC(=O)c2ccccc2OC)(c2ccccc2)CC1. The van der Waals surface area contributed by atoms with Crippen molar-refractivity contribution < 1.29 is 19.1 Å². The molecule has 1 aliphatic rings. The summed E-state index contributed by atoms with van der Waals surface area (Å²) < 4.78 is 11.0. The van der Waals surface area contributed by atoms with Gasteiger partial charge >= 0.3 is 6.09 Å². The fraction of sp³-hybridized carbons (Fsp3) is 0.407. The number of amides is 2. The second-order valence-electron chi connectivity index (χ2n) is 8.59. The monoisotopic (exact) mass is 463 g/mol. The molecule has 1 fully saturated rings. The third-order valence-electron chi connectivity index (χ3n) is 6.33. The molecule has 0 spiro atoms. The van der Waals surface area contributed by atoms with Gasteiger partial charge in [0, 0.05) is 12.0 Å². The summed E-state index contributed by atoms with van der Waals surface area (Å²) >= 11 is 0. The summed E-state index contributed by atoms with van der Waals surface area (Å²) in [7, 11) is 1.56. The molecule has 1 aliphatic carbocycles. The van der Waals surface area contributed by atoms with Crippen LogP contribution in [0, 0.1) is 12.3 Å². The van der Waals surface area contributed by atoms with E-state index in [-0.39, 0.29) is 23.6 Å². The fourth-order valence-electron chi connectivity index (χ4n) is 4.42. The van der Waals surface area contributed by atoms with Crippen LogP contribution in [0.25, 0.3) is 0 Å². The van der Waals surface area contributed by atoms with Crippen molar-refractivity contribution in [2.75, 3.05) is 20.2 Å². The highest BCUT2D eigenvalue weighted by Crippen LogP contribution is 2.40. The zero-order valence-corrected chi connectivity index (χ0v) is 19.8. The Bertz CT molecular complexity index is 994.